The van der Waals surface area contributed by atoms with Crippen LogP contribution in [0.1, 0.15) is 42.2 Å². The van der Waals surface area contributed by atoms with E-state index in [2.05, 4.69) is 10.4 Å². The fraction of sp³-hybridized carbons (Fsp3) is 0.143. The van der Waals surface area contributed by atoms with Crippen molar-refractivity contribution < 1.29 is 14.4 Å². The normalized spacial score (nSPS) is 13.0. The summed E-state index contributed by atoms with van der Waals surface area (Å²) < 4.78 is 1.83. The zero-order valence-electron chi connectivity index (χ0n) is 15.3. The summed E-state index contributed by atoms with van der Waals surface area (Å²) >= 11 is 0. The summed E-state index contributed by atoms with van der Waals surface area (Å²) in [6.45, 7) is 1.01. The van der Waals surface area contributed by atoms with Gasteiger partial charge in [0.25, 0.3) is 17.7 Å². The second-order valence-corrected chi connectivity index (χ2v) is 6.64. The number of aromatic nitrogens is 2. The van der Waals surface area contributed by atoms with E-state index in [4.69, 9.17) is 0 Å². The van der Waals surface area contributed by atoms with Crippen LogP contribution in [0.4, 0.5) is 0 Å². The predicted octanol–water partition coefficient (Wildman–Crippen LogP) is 2.09. The minimum absolute atomic E-state index is 0.265. The van der Waals surface area contributed by atoms with Crippen molar-refractivity contribution in [2.75, 3.05) is 7.05 Å². The lowest BCUT2D eigenvalue weighted by Gasteiger charge is -2.08. The second-order valence-electron chi connectivity index (χ2n) is 6.64. The van der Waals surface area contributed by atoms with E-state index in [0.29, 0.717) is 24.2 Å². The molecule has 2 aromatic carbocycles. The van der Waals surface area contributed by atoms with Gasteiger partial charge in [-0.1, -0.05) is 24.3 Å². The molecule has 3 amide bonds. The Bertz CT molecular complexity index is 1070. The van der Waals surface area contributed by atoms with Gasteiger partial charge in [0, 0.05) is 31.5 Å². The van der Waals surface area contributed by atoms with E-state index in [9.17, 15) is 14.4 Å². The molecule has 1 aliphatic rings. The van der Waals surface area contributed by atoms with Crippen LogP contribution in [0.3, 0.4) is 0 Å². The summed E-state index contributed by atoms with van der Waals surface area (Å²) in [4.78, 5) is 37.6. The molecule has 28 heavy (non-hydrogen) atoms. The average molecular weight is 374 g/mol. The van der Waals surface area contributed by atoms with Crippen molar-refractivity contribution in [1.82, 2.24) is 20.0 Å². The van der Waals surface area contributed by atoms with Gasteiger partial charge in [0.15, 0.2) is 0 Å². The number of carbonyl (C=O) groups excluding carboxylic acids is 3. The lowest BCUT2D eigenvalue weighted by Crippen LogP contribution is -2.24. The van der Waals surface area contributed by atoms with E-state index in [1.807, 2.05) is 41.2 Å². The molecule has 0 saturated heterocycles. The Balaban J connectivity index is 1.44. The number of benzene rings is 2. The van der Waals surface area contributed by atoms with Gasteiger partial charge in [-0.15, -0.1) is 0 Å². The Kier molecular flexibility index (Phi) is 4.49. The molecule has 1 N–H and O–H groups in total. The van der Waals surface area contributed by atoms with Crippen molar-refractivity contribution in [3.63, 3.8) is 0 Å². The lowest BCUT2D eigenvalue weighted by atomic mass is 10.1. The highest BCUT2D eigenvalue weighted by Crippen LogP contribution is 2.22. The van der Waals surface area contributed by atoms with Crippen LogP contribution in [0.15, 0.2) is 60.9 Å². The number of amides is 3. The highest BCUT2D eigenvalue weighted by molar-refractivity contribution is 6.21. The minimum atomic E-state index is -0.388. The number of imide groups is 1. The van der Waals surface area contributed by atoms with Crippen LogP contribution >= 0.6 is 0 Å². The van der Waals surface area contributed by atoms with E-state index >= 15 is 0 Å². The first kappa shape index (κ1) is 17.7. The van der Waals surface area contributed by atoms with Gasteiger partial charge in [-0.2, -0.15) is 5.10 Å². The van der Waals surface area contributed by atoms with Crippen molar-refractivity contribution in [3.05, 3.63) is 88.7 Å². The molecule has 7 heteroatoms. The first-order valence-corrected chi connectivity index (χ1v) is 8.83. The molecule has 0 radical (unpaired) electrons. The van der Waals surface area contributed by atoms with E-state index in [1.54, 1.807) is 12.3 Å². The molecular formula is C21H18N4O3. The van der Waals surface area contributed by atoms with Gasteiger partial charge in [0.2, 0.25) is 0 Å². The smallest absolute Gasteiger partial charge is 0.261 e. The molecule has 0 spiro atoms. The monoisotopic (exact) mass is 374 g/mol. The SMILES string of the molecule is CN1C(=O)c2ccc(C(=O)NCc3cccc(Cn4cccn4)c3)cc2C1=O. The first-order valence-electron chi connectivity index (χ1n) is 8.83. The summed E-state index contributed by atoms with van der Waals surface area (Å²) in [5.74, 6) is -1.03. The molecule has 0 atom stereocenters. The molecule has 2 heterocycles. The Morgan fingerprint density at radius 2 is 1.79 bits per heavy atom. The van der Waals surface area contributed by atoms with Crippen LogP contribution < -0.4 is 5.32 Å². The molecule has 0 saturated carbocycles. The minimum Gasteiger partial charge on any atom is -0.348 e. The summed E-state index contributed by atoms with van der Waals surface area (Å²) in [5, 5.41) is 7.05. The fourth-order valence-electron chi connectivity index (χ4n) is 3.21. The molecule has 1 aliphatic heterocycles. The summed E-state index contributed by atoms with van der Waals surface area (Å²) in [5.41, 5.74) is 2.99. The third kappa shape index (κ3) is 3.29. The molecule has 1 aromatic heterocycles. The molecule has 0 unspecified atom stereocenters. The van der Waals surface area contributed by atoms with Crippen LogP contribution in [0.5, 0.6) is 0 Å². The van der Waals surface area contributed by atoms with E-state index < -0.39 is 0 Å². The highest BCUT2D eigenvalue weighted by Gasteiger charge is 2.33. The summed E-state index contributed by atoms with van der Waals surface area (Å²) in [6.07, 6.45) is 3.63. The number of hydrogen-bond acceptors (Lipinski definition) is 4. The van der Waals surface area contributed by atoms with Gasteiger partial charge in [0.05, 0.1) is 17.7 Å². The van der Waals surface area contributed by atoms with Gasteiger partial charge in [0.1, 0.15) is 0 Å². The topological polar surface area (TPSA) is 84.3 Å². The maximum Gasteiger partial charge on any atom is 0.261 e. The lowest BCUT2D eigenvalue weighted by molar-refractivity contribution is 0.0693. The molecule has 4 rings (SSSR count). The van der Waals surface area contributed by atoms with Crippen LogP contribution in [-0.2, 0) is 13.1 Å². The highest BCUT2D eigenvalue weighted by atomic mass is 16.2. The molecule has 0 bridgehead atoms. The van der Waals surface area contributed by atoms with Crippen LogP contribution in [0.25, 0.3) is 0 Å². The number of rotatable bonds is 5. The molecule has 3 aromatic rings. The van der Waals surface area contributed by atoms with Gasteiger partial charge in [-0.3, -0.25) is 24.0 Å². The summed E-state index contributed by atoms with van der Waals surface area (Å²) in [6, 6.07) is 14.3. The number of nitrogens with one attached hydrogen (secondary N) is 1. The predicted molar refractivity (Wildman–Crippen MR) is 102 cm³/mol. The quantitative estimate of drug-likeness (QED) is 0.693. The van der Waals surface area contributed by atoms with Crippen molar-refractivity contribution in [1.29, 1.82) is 0 Å². The fourth-order valence-corrected chi connectivity index (χ4v) is 3.21. The molecule has 7 nitrogen and oxygen atoms in total. The molecule has 140 valence electrons. The van der Waals surface area contributed by atoms with Gasteiger partial charge in [-0.25, -0.2) is 0 Å². The first-order chi connectivity index (χ1) is 13.5. The molecular weight excluding hydrogens is 356 g/mol. The van der Waals surface area contributed by atoms with E-state index in [0.717, 1.165) is 16.0 Å². The van der Waals surface area contributed by atoms with Crippen molar-refractivity contribution in [2.24, 2.45) is 0 Å². The van der Waals surface area contributed by atoms with Gasteiger partial charge < -0.3 is 5.32 Å². The number of carbonyl (C=O) groups is 3. The Labute approximate surface area is 161 Å². The van der Waals surface area contributed by atoms with Gasteiger partial charge >= 0.3 is 0 Å². The zero-order chi connectivity index (χ0) is 19.7. The molecule has 0 aliphatic carbocycles. The zero-order valence-corrected chi connectivity index (χ0v) is 15.3. The average Bonchev–Trinajstić information content (AvgIpc) is 3.29. The van der Waals surface area contributed by atoms with E-state index in [-0.39, 0.29) is 23.3 Å². The van der Waals surface area contributed by atoms with Crippen molar-refractivity contribution in [3.8, 4) is 0 Å². The molecule has 0 fully saturated rings. The maximum atomic E-state index is 12.5. The van der Waals surface area contributed by atoms with Crippen molar-refractivity contribution in [2.45, 2.75) is 13.1 Å². The second kappa shape index (κ2) is 7.11. The third-order valence-electron chi connectivity index (χ3n) is 4.70. The largest absolute Gasteiger partial charge is 0.348 e. The van der Waals surface area contributed by atoms with Crippen LogP contribution in [-0.4, -0.2) is 39.4 Å². The number of hydrogen-bond donors (Lipinski definition) is 1. The van der Waals surface area contributed by atoms with E-state index in [1.165, 1.54) is 19.2 Å². The van der Waals surface area contributed by atoms with Crippen LogP contribution in [0.2, 0.25) is 0 Å². The Morgan fingerprint density at radius 1 is 1.00 bits per heavy atom. The standard InChI is InChI=1S/C21H18N4O3/c1-24-20(27)17-7-6-16(11-18(17)21(24)28)19(26)22-12-14-4-2-5-15(10-14)13-25-9-3-8-23-25/h2-11H,12-13H2,1H3,(H,22,26). The van der Waals surface area contributed by atoms with Gasteiger partial charge in [-0.05, 0) is 35.4 Å². The number of fused-ring (bicyclic) bond motifs is 1. The van der Waals surface area contributed by atoms with Crippen molar-refractivity contribution >= 4 is 17.7 Å². The maximum absolute atomic E-state index is 12.5. The number of nitrogens with zero attached hydrogens (tertiary/aromatic N) is 3. The Morgan fingerprint density at radius 3 is 2.57 bits per heavy atom. The Hall–Kier alpha value is -3.74. The van der Waals surface area contributed by atoms with Crippen LogP contribution in [0, 0.1) is 0 Å². The third-order valence-corrected chi connectivity index (χ3v) is 4.70. The summed E-state index contributed by atoms with van der Waals surface area (Å²) in [7, 11) is 1.43.